The summed E-state index contributed by atoms with van der Waals surface area (Å²) in [5, 5.41) is 16.1. The van der Waals surface area contributed by atoms with Crippen molar-refractivity contribution >= 4 is 23.5 Å². The van der Waals surface area contributed by atoms with Crippen LogP contribution in [-0.4, -0.2) is 51.7 Å². The number of imidazole rings is 1. The molecular formula is C26H27ClN4O3. The number of aliphatic hydroxyl groups excluding tert-OH is 1. The third kappa shape index (κ3) is 4.41. The summed E-state index contributed by atoms with van der Waals surface area (Å²) < 4.78 is 7.62. The molecule has 0 radical (unpaired) electrons. The number of aromatic nitrogens is 2. The Hall–Kier alpha value is -3.29. The third-order valence-corrected chi connectivity index (χ3v) is 6.56. The minimum absolute atomic E-state index is 0.223. The zero-order chi connectivity index (χ0) is 23.7. The van der Waals surface area contributed by atoms with E-state index in [1.54, 1.807) is 25.6 Å². The van der Waals surface area contributed by atoms with Crippen LogP contribution < -0.4 is 4.74 Å². The number of methoxy groups -OCH3 is 1. The summed E-state index contributed by atoms with van der Waals surface area (Å²) in [4.78, 5) is 12.1. The van der Waals surface area contributed by atoms with Gasteiger partial charge in [0, 0.05) is 17.8 Å². The van der Waals surface area contributed by atoms with Gasteiger partial charge in [0.15, 0.2) is 5.84 Å². The van der Waals surface area contributed by atoms with Crippen LogP contribution in [0.1, 0.15) is 35.8 Å². The van der Waals surface area contributed by atoms with E-state index in [1.165, 1.54) is 0 Å². The molecule has 0 bridgehead atoms. The summed E-state index contributed by atoms with van der Waals surface area (Å²) in [7, 11) is 1.67. The number of oxime groups is 1. The Morgan fingerprint density at radius 2 is 2.06 bits per heavy atom. The number of hydrogen-bond acceptors (Lipinski definition) is 6. The quantitative estimate of drug-likeness (QED) is 0.572. The van der Waals surface area contributed by atoms with Gasteiger partial charge in [0.1, 0.15) is 18.5 Å². The number of nitrogens with zero attached hydrogens (tertiary/aromatic N) is 4. The van der Waals surface area contributed by atoms with Gasteiger partial charge in [0.2, 0.25) is 0 Å². The predicted molar refractivity (Wildman–Crippen MR) is 132 cm³/mol. The van der Waals surface area contributed by atoms with E-state index in [2.05, 4.69) is 27.2 Å². The molecule has 34 heavy (non-hydrogen) atoms. The van der Waals surface area contributed by atoms with Crippen molar-refractivity contribution in [3.63, 3.8) is 0 Å². The second kappa shape index (κ2) is 9.52. The number of ether oxygens (including phenoxy) is 1. The molecule has 0 amide bonds. The molecule has 2 aliphatic heterocycles. The minimum Gasteiger partial charge on any atom is -0.495 e. The molecule has 0 spiro atoms. The molecule has 2 atom stereocenters. The highest BCUT2D eigenvalue weighted by Gasteiger charge is 2.36. The van der Waals surface area contributed by atoms with Crippen molar-refractivity contribution < 1.29 is 14.7 Å². The number of hydrogen-bond donors (Lipinski definition) is 1. The maximum atomic E-state index is 11.1. The lowest BCUT2D eigenvalue weighted by Gasteiger charge is -2.42. The monoisotopic (exact) mass is 478 g/mol. The molecule has 0 aliphatic carbocycles. The van der Waals surface area contributed by atoms with Gasteiger partial charge in [-0.25, -0.2) is 4.98 Å². The first-order valence-electron chi connectivity index (χ1n) is 11.3. The summed E-state index contributed by atoms with van der Waals surface area (Å²) >= 11 is 6.02. The lowest BCUT2D eigenvalue weighted by Crippen LogP contribution is -2.51. The van der Waals surface area contributed by atoms with Gasteiger partial charge >= 0.3 is 0 Å². The zero-order valence-electron chi connectivity index (χ0n) is 19.2. The number of benzene rings is 2. The first kappa shape index (κ1) is 22.5. The number of rotatable bonds is 5. The molecule has 2 unspecified atom stereocenters. The van der Waals surface area contributed by atoms with E-state index < -0.39 is 6.10 Å². The van der Waals surface area contributed by atoms with Gasteiger partial charge in [0.05, 0.1) is 30.9 Å². The van der Waals surface area contributed by atoms with Crippen LogP contribution in [0.15, 0.2) is 65.7 Å². The number of fused-ring (bicyclic) bond motifs is 1. The summed E-state index contributed by atoms with van der Waals surface area (Å²) in [5.41, 5.74) is 4.77. The van der Waals surface area contributed by atoms with E-state index >= 15 is 0 Å². The van der Waals surface area contributed by atoms with Crippen LogP contribution in [-0.2, 0) is 4.84 Å². The first-order chi connectivity index (χ1) is 16.5. The standard InChI is InChI=1S/C26H27ClN4O3/c1-17-14-30(16-28-17)22-10-5-18(13-24(22)33-2)12-20-4-3-11-31-23(15-34-29-26(20)31)25(32)19-6-8-21(27)9-7-19/h5-10,12-14,16,23,25,32H,3-4,11,15H2,1-2H3. The Balaban J connectivity index is 1.42. The highest BCUT2D eigenvalue weighted by Crippen LogP contribution is 2.32. The molecule has 1 aromatic heterocycles. The van der Waals surface area contributed by atoms with Crippen molar-refractivity contribution in [1.29, 1.82) is 0 Å². The largest absolute Gasteiger partial charge is 0.495 e. The Labute approximate surface area is 203 Å². The minimum atomic E-state index is -0.708. The lowest BCUT2D eigenvalue weighted by molar-refractivity contribution is -0.00798. The van der Waals surface area contributed by atoms with Gasteiger partial charge in [-0.3, -0.25) is 0 Å². The van der Waals surface area contributed by atoms with Crippen molar-refractivity contribution in [2.45, 2.75) is 31.9 Å². The molecule has 1 fully saturated rings. The van der Waals surface area contributed by atoms with Crippen molar-refractivity contribution in [3.8, 4) is 11.4 Å². The summed E-state index contributed by atoms with van der Waals surface area (Å²) in [6.07, 6.45) is 7.02. The van der Waals surface area contributed by atoms with E-state index in [4.69, 9.17) is 21.2 Å². The third-order valence-electron chi connectivity index (χ3n) is 6.31. The van der Waals surface area contributed by atoms with E-state index in [0.717, 1.165) is 59.1 Å². The van der Waals surface area contributed by atoms with Crippen LogP contribution in [0, 0.1) is 6.92 Å². The average Bonchev–Trinajstić information content (AvgIpc) is 3.30. The molecule has 8 heteroatoms. The fourth-order valence-electron chi connectivity index (χ4n) is 4.57. The maximum absolute atomic E-state index is 11.1. The van der Waals surface area contributed by atoms with Crippen molar-refractivity contribution in [3.05, 3.63) is 82.4 Å². The van der Waals surface area contributed by atoms with Crippen LogP contribution in [0.2, 0.25) is 5.02 Å². The Kier molecular flexibility index (Phi) is 6.30. The molecule has 2 aromatic carbocycles. The number of halogens is 1. The molecular weight excluding hydrogens is 452 g/mol. The summed E-state index contributed by atoms with van der Waals surface area (Å²) in [6, 6.07) is 13.2. The fraction of sp³-hybridized carbons (Fsp3) is 0.308. The summed E-state index contributed by atoms with van der Waals surface area (Å²) in [6.45, 7) is 3.10. The number of amidine groups is 1. The van der Waals surface area contributed by atoms with Gasteiger partial charge in [0.25, 0.3) is 0 Å². The molecule has 1 N–H and O–H groups in total. The van der Waals surface area contributed by atoms with Crippen LogP contribution in [0.5, 0.6) is 5.75 Å². The average molecular weight is 479 g/mol. The van der Waals surface area contributed by atoms with Gasteiger partial charge < -0.3 is 24.1 Å². The van der Waals surface area contributed by atoms with Crippen LogP contribution >= 0.6 is 11.6 Å². The molecule has 3 aromatic rings. The van der Waals surface area contributed by atoms with Crippen molar-refractivity contribution in [1.82, 2.24) is 14.5 Å². The fourth-order valence-corrected chi connectivity index (χ4v) is 4.70. The predicted octanol–water partition coefficient (Wildman–Crippen LogP) is 4.77. The first-order valence-corrected chi connectivity index (χ1v) is 11.7. The molecule has 1 saturated heterocycles. The van der Waals surface area contributed by atoms with E-state index in [1.807, 2.05) is 42.0 Å². The number of aliphatic hydroxyl groups is 1. The SMILES string of the molecule is COc1cc(C=C2CCCN3C2=NOCC3C(O)c2ccc(Cl)cc2)ccc1-n1cnc(C)c1. The molecule has 0 saturated carbocycles. The Morgan fingerprint density at radius 3 is 2.79 bits per heavy atom. The van der Waals surface area contributed by atoms with Crippen molar-refractivity contribution in [2.75, 3.05) is 20.3 Å². The van der Waals surface area contributed by atoms with Crippen LogP contribution in [0.3, 0.4) is 0 Å². The second-order valence-corrected chi connectivity index (χ2v) is 9.03. The maximum Gasteiger partial charge on any atom is 0.171 e. The molecule has 176 valence electrons. The zero-order valence-corrected chi connectivity index (χ0v) is 19.9. The molecule has 3 heterocycles. The van der Waals surface area contributed by atoms with Gasteiger partial charge in [-0.15, -0.1) is 0 Å². The summed E-state index contributed by atoms with van der Waals surface area (Å²) in [5.74, 6) is 1.54. The molecule has 7 nitrogen and oxygen atoms in total. The van der Waals surface area contributed by atoms with Crippen molar-refractivity contribution in [2.24, 2.45) is 5.16 Å². The van der Waals surface area contributed by atoms with E-state index in [0.29, 0.717) is 11.6 Å². The van der Waals surface area contributed by atoms with Crippen LogP contribution in [0.25, 0.3) is 11.8 Å². The van der Waals surface area contributed by atoms with Crippen LogP contribution in [0.4, 0.5) is 0 Å². The van der Waals surface area contributed by atoms with E-state index in [9.17, 15) is 5.11 Å². The second-order valence-electron chi connectivity index (χ2n) is 8.59. The molecule has 2 aliphatic rings. The van der Waals surface area contributed by atoms with E-state index in [-0.39, 0.29) is 6.04 Å². The highest BCUT2D eigenvalue weighted by molar-refractivity contribution is 6.30. The number of piperidine rings is 1. The highest BCUT2D eigenvalue weighted by atomic mass is 35.5. The topological polar surface area (TPSA) is 72.1 Å². The van der Waals surface area contributed by atoms with Gasteiger partial charge in [-0.05, 0) is 66.8 Å². The lowest BCUT2D eigenvalue weighted by atomic mass is 9.94. The molecule has 5 rings (SSSR count). The van der Waals surface area contributed by atoms with Gasteiger partial charge in [-0.1, -0.05) is 35.0 Å². The normalized spacial score (nSPS) is 19.9. The Morgan fingerprint density at radius 1 is 1.24 bits per heavy atom. The van der Waals surface area contributed by atoms with Gasteiger partial charge in [-0.2, -0.15) is 0 Å². The number of aryl methyl sites for hydroxylation is 1. The Bertz CT molecular complexity index is 1240. The smallest absolute Gasteiger partial charge is 0.171 e.